The summed E-state index contributed by atoms with van der Waals surface area (Å²) in [5.74, 6) is -1.81. The highest BCUT2D eigenvalue weighted by molar-refractivity contribution is 5.87. The molecule has 0 bridgehead atoms. The van der Waals surface area contributed by atoms with Crippen LogP contribution in [-0.2, 0) is 4.79 Å². The molecule has 0 amide bonds. The van der Waals surface area contributed by atoms with Crippen molar-refractivity contribution in [3.05, 3.63) is 71.8 Å². The second-order valence-corrected chi connectivity index (χ2v) is 4.83. The van der Waals surface area contributed by atoms with Gasteiger partial charge in [-0.05, 0) is 35.9 Å². The van der Waals surface area contributed by atoms with Crippen molar-refractivity contribution < 1.29 is 19.8 Å². The predicted octanol–water partition coefficient (Wildman–Crippen LogP) is 3.24. The number of rotatable bonds is 4. The van der Waals surface area contributed by atoms with Gasteiger partial charge in [0.15, 0.2) is 0 Å². The summed E-state index contributed by atoms with van der Waals surface area (Å²) in [6.07, 6.45) is 2.70. The number of carboxylic acids is 2. The molecule has 0 spiro atoms. The molecular formula is C18H19NO4. The van der Waals surface area contributed by atoms with Crippen LogP contribution in [0.3, 0.4) is 0 Å². The summed E-state index contributed by atoms with van der Waals surface area (Å²) in [5.41, 5.74) is 2.31. The fourth-order valence-electron chi connectivity index (χ4n) is 1.63. The number of aliphatic carboxylic acids is 1. The number of hydrogen-bond donors (Lipinski definition) is 2. The van der Waals surface area contributed by atoms with Gasteiger partial charge >= 0.3 is 11.9 Å². The van der Waals surface area contributed by atoms with Crippen LogP contribution in [0.4, 0.5) is 5.69 Å². The van der Waals surface area contributed by atoms with E-state index in [-0.39, 0.29) is 0 Å². The van der Waals surface area contributed by atoms with Crippen molar-refractivity contribution in [1.29, 1.82) is 0 Å². The Morgan fingerprint density at radius 2 is 1.48 bits per heavy atom. The highest BCUT2D eigenvalue weighted by Gasteiger charge is 1.96. The minimum absolute atomic E-state index is 0.331. The van der Waals surface area contributed by atoms with E-state index in [1.165, 1.54) is 0 Å². The van der Waals surface area contributed by atoms with Gasteiger partial charge in [0.2, 0.25) is 0 Å². The van der Waals surface area contributed by atoms with E-state index >= 15 is 0 Å². The molecule has 0 aliphatic carbocycles. The molecule has 2 rings (SSSR count). The highest BCUT2D eigenvalue weighted by atomic mass is 16.4. The van der Waals surface area contributed by atoms with Crippen LogP contribution in [0.2, 0.25) is 0 Å². The second-order valence-electron chi connectivity index (χ2n) is 4.83. The Morgan fingerprint density at radius 1 is 0.913 bits per heavy atom. The van der Waals surface area contributed by atoms with Crippen LogP contribution >= 0.6 is 0 Å². The summed E-state index contributed by atoms with van der Waals surface area (Å²) < 4.78 is 0. The van der Waals surface area contributed by atoms with Gasteiger partial charge in [0.05, 0.1) is 5.56 Å². The van der Waals surface area contributed by atoms with E-state index < -0.39 is 11.9 Å². The van der Waals surface area contributed by atoms with Crippen molar-refractivity contribution in [3.8, 4) is 0 Å². The molecule has 0 saturated heterocycles. The second kappa shape index (κ2) is 9.04. The van der Waals surface area contributed by atoms with Crippen molar-refractivity contribution in [2.45, 2.75) is 0 Å². The van der Waals surface area contributed by atoms with Gasteiger partial charge in [-0.2, -0.15) is 0 Å². The topological polar surface area (TPSA) is 77.8 Å². The summed E-state index contributed by atoms with van der Waals surface area (Å²) in [5, 5.41) is 16.8. The monoisotopic (exact) mass is 313 g/mol. The van der Waals surface area contributed by atoms with E-state index in [4.69, 9.17) is 10.2 Å². The minimum Gasteiger partial charge on any atom is -0.478 e. The van der Waals surface area contributed by atoms with Gasteiger partial charge in [0, 0.05) is 25.9 Å². The van der Waals surface area contributed by atoms with Crippen molar-refractivity contribution >= 4 is 23.7 Å². The zero-order valence-corrected chi connectivity index (χ0v) is 13.0. The van der Waals surface area contributed by atoms with Gasteiger partial charge in [0.25, 0.3) is 0 Å². The maximum Gasteiger partial charge on any atom is 0.335 e. The van der Waals surface area contributed by atoms with Crippen molar-refractivity contribution in [1.82, 2.24) is 0 Å². The molecule has 2 aromatic rings. The number of benzene rings is 2. The Labute approximate surface area is 135 Å². The van der Waals surface area contributed by atoms with Gasteiger partial charge in [-0.25, -0.2) is 9.59 Å². The van der Waals surface area contributed by atoms with Crippen LogP contribution in [-0.4, -0.2) is 36.2 Å². The van der Waals surface area contributed by atoms with E-state index in [2.05, 4.69) is 0 Å². The maximum atomic E-state index is 10.3. The Bertz CT molecular complexity index is 661. The number of hydrogen-bond acceptors (Lipinski definition) is 3. The van der Waals surface area contributed by atoms with E-state index in [9.17, 15) is 9.59 Å². The van der Waals surface area contributed by atoms with Crippen LogP contribution in [0.15, 0.2) is 60.7 Å². The zero-order chi connectivity index (χ0) is 17.2. The van der Waals surface area contributed by atoms with Crippen LogP contribution < -0.4 is 4.90 Å². The summed E-state index contributed by atoms with van der Waals surface area (Å²) in [6.45, 7) is 0. The third kappa shape index (κ3) is 6.95. The lowest BCUT2D eigenvalue weighted by atomic mass is 10.2. The molecule has 0 radical (unpaired) electrons. The summed E-state index contributed by atoms with van der Waals surface area (Å²) in [4.78, 5) is 22.4. The average Bonchev–Trinajstić information content (AvgIpc) is 2.54. The van der Waals surface area contributed by atoms with E-state index in [0.717, 1.165) is 17.3 Å². The molecule has 0 atom stereocenters. The Morgan fingerprint density at radius 3 is 1.87 bits per heavy atom. The number of anilines is 1. The first-order valence-electron chi connectivity index (χ1n) is 6.87. The maximum absolute atomic E-state index is 10.3. The molecule has 2 N–H and O–H groups in total. The zero-order valence-electron chi connectivity index (χ0n) is 13.0. The molecule has 0 fully saturated rings. The van der Waals surface area contributed by atoms with Gasteiger partial charge in [0.1, 0.15) is 0 Å². The Kier molecular flexibility index (Phi) is 7.07. The lowest BCUT2D eigenvalue weighted by Crippen LogP contribution is -2.07. The molecule has 5 heteroatoms. The predicted molar refractivity (Wildman–Crippen MR) is 90.8 cm³/mol. The Balaban J connectivity index is 0.000000253. The number of carboxylic acid groups (broad SMARTS) is 2. The average molecular weight is 313 g/mol. The molecule has 0 aromatic heterocycles. The van der Waals surface area contributed by atoms with Crippen molar-refractivity contribution in [3.63, 3.8) is 0 Å². The van der Waals surface area contributed by atoms with E-state index in [1.54, 1.807) is 36.4 Å². The van der Waals surface area contributed by atoms with Gasteiger partial charge in [-0.1, -0.05) is 30.3 Å². The Hall–Kier alpha value is -3.08. The van der Waals surface area contributed by atoms with E-state index in [0.29, 0.717) is 5.56 Å². The third-order valence-electron chi connectivity index (χ3n) is 2.85. The summed E-state index contributed by atoms with van der Waals surface area (Å²) in [7, 11) is 3.92. The minimum atomic E-state index is -0.929. The van der Waals surface area contributed by atoms with Crippen LogP contribution in [0.25, 0.3) is 6.08 Å². The molecule has 0 aliphatic rings. The number of carbonyl (C=O) groups is 2. The molecule has 0 saturated carbocycles. The fraction of sp³-hybridized carbons (Fsp3) is 0.111. The van der Waals surface area contributed by atoms with Crippen LogP contribution in [0, 0.1) is 0 Å². The lowest BCUT2D eigenvalue weighted by molar-refractivity contribution is -0.131. The normalized spacial score (nSPS) is 9.83. The summed E-state index contributed by atoms with van der Waals surface area (Å²) >= 11 is 0. The molecule has 0 heterocycles. The molecule has 23 heavy (non-hydrogen) atoms. The fourth-order valence-corrected chi connectivity index (χ4v) is 1.63. The molecule has 120 valence electrons. The smallest absolute Gasteiger partial charge is 0.335 e. The number of nitrogens with zero attached hydrogens (tertiary/aromatic N) is 1. The van der Waals surface area contributed by atoms with Gasteiger partial charge in [-0.15, -0.1) is 0 Å². The lowest BCUT2D eigenvalue weighted by Gasteiger charge is -2.11. The highest BCUT2D eigenvalue weighted by Crippen LogP contribution is 2.12. The molecule has 2 aromatic carbocycles. The third-order valence-corrected chi connectivity index (χ3v) is 2.85. The van der Waals surface area contributed by atoms with Crippen molar-refractivity contribution in [2.75, 3.05) is 19.0 Å². The largest absolute Gasteiger partial charge is 0.478 e. The molecule has 0 unspecified atom stereocenters. The summed E-state index contributed by atoms with van der Waals surface area (Å²) in [6, 6.07) is 16.0. The van der Waals surface area contributed by atoms with Crippen molar-refractivity contribution in [2.24, 2.45) is 0 Å². The van der Waals surface area contributed by atoms with Gasteiger partial charge < -0.3 is 15.1 Å². The SMILES string of the molecule is CN(C)c1ccc(C=CC(=O)O)cc1.O=C(O)c1ccccc1. The van der Waals surface area contributed by atoms with Crippen LogP contribution in [0.5, 0.6) is 0 Å². The van der Waals surface area contributed by atoms with E-state index in [1.807, 2.05) is 43.3 Å². The number of aromatic carboxylic acids is 1. The first kappa shape index (κ1) is 18.0. The molecule has 5 nitrogen and oxygen atoms in total. The first-order valence-corrected chi connectivity index (χ1v) is 6.87. The first-order chi connectivity index (χ1) is 10.9. The standard InChI is InChI=1S/C11H13NO2.C7H6O2/c1-12(2)10-6-3-9(4-7-10)5-8-11(13)14;8-7(9)6-4-2-1-3-5-6/h3-8H,1-2H3,(H,13,14);1-5H,(H,8,9). The van der Waals surface area contributed by atoms with Gasteiger partial charge in [-0.3, -0.25) is 0 Å². The quantitative estimate of drug-likeness (QED) is 0.847. The molecular weight excluding hydrogens is 294 g/mol. The van der Waals surface area contributed by atoms with Crippen LogP contribution in [0.1, 0.15) is 15.9 Å². The molecule has 0 aliphatic heterocycles.